The van der Waals surface area contributed by atoms with Crippen LogP contribution in [0.15, 0.2) is 42.5 Å². The summed E-state index contributed by atoms with van der Waals surface area (Å²) in [5.41, 5.74) is 4.55. The quantitative estimate of drug-likeness (QED) is 0.686. The highest BCUT2D eigenvalue weighted by molar-refractivity contribution is 5.69. The first-order chi connectivity index (χ1) is 9.63. The number of hydrogen-bond acceptors (Lipinski definition) is 4. The highest BCUT2D eigenvalue weighted by Crippen LogP contribution is 2.31. The Morgan fingerprint density at radius 3 is 2.55 bits per heavy atom. The first-order valence-electron chi connectivity index (χ1n) is 6.49. The molecule has 1 aliphatic heterocycles. The van der Waals surface area contributed by atoms with Crippen LogP contribution in [0, 0.1) is 10.1 Å². The molecule has 5 heteroatoms. The van der Waals surface area contributed by atoms with Gasteiger partial charge in [0, 0.05) is 42.8 Å². The molecule has 0 amide bonds. The number of rotatable bonds is 3. The first kappa shape index (κ1) is 12.5. The summed E-state index contributed by atoms with van der Waals surface area (Å²) in [5, 5.41) is 13.9. The monoisotopic (exact) mass is 269 g/mol. The van der Waals surface area contributed by atoms with Crippen LogP contribution in [0.2, 0.25) is 0 Å². The zero-order valence-corrected chi connectivity index (χ0v) is 11.2. The highest BCUT2D eigenvalue weighted by atomic mass is 16.6. The maximum Gasteiger partial charge on any atom is 0.269 e. The van der Waals surface area contributed by atoms with E-state index in [0.29, 0.717) is 0 Å². The van der Waals surface area contributed by atoms with Gasteiger partial charge in [-0.05, 0) is 36.2 Å². The molecular weight excluding hydrogens is 254 g/mol. The lowest BCUT2D eigenvalue weighted by Gasteiger charge is -2.14. The van der Waals surface area contributed by atoms with Gasteiger partial charge >= 0.3 is 0 Å². The molecule has 1 aliphatic rings. The van der Waals surface area contributed by atoms with E-state index in [0.717, 1.165) is 24.3 Å². The first-order valence-corrected chi connectivity index (χ1v) is 6.49. The second-order valence-corrected chi connectivity index (χ2v) is 4.94. The third-order valence-corrected chi connectivity index (χ3v) is 3.58. The van der Waals surface area contributed by atoms with Gasteiger partial charge in [0.2, 0.25) is 0 Å². The van der Waals surface area contributed by atoms with Crippen LogP contribution in [-0.2, 0) is 6.42 Å². The molecule has 3 rings (SSSR count). The van der Waals surface area contributed by atoms with Crippen molar-refractivity contribution in [2.75, 3.05) is 23.8 Å². The molecule has 2 aromatic rings. The molecule has 0 atom stereocenters. The summed E-state index contributed by atoms with van der Waals surface area (Å²) in [6.07, 6.45) is 1.09. The number of non-ortho nitro benzene ring substituents is 1. The Morgan fingerprint density at radius 2 is 1.85 bits per heavy atom. The number of benzene rings is 2. The maximum atomic E-state index is 10.6. The molecule has 102 valence electrons. The molecule has 0 bridgehead atoms. The fourth-order valence-corrected chi connectivity index (χ4v) is 2.45. The zero-order valence-electron chi connectivity index (χ0n) is 11.2. The summed E-state index contributed by atoms with van der Waals surface area (Å²) in [6.45, 7) is 1.05. The van der Waals surface area contributed by atoms with Gasteiger partial charge in [0.25, 0.3) is 5.69 Å². The van der Waals surface area contributed by atoms with Gasteiger partial charge < -0.3 is 10.2 Å². The zero-order chi connectivity index (χ0) is 14.1. The smallest absolute Gasteiger partial charge is 0.269 e. The molecule has 0 aliphatic carbocycles. The molecule has 0 fully saturated rings. The van der Waals surface area contributed by atoms with Gasteiger partial charge in [-0.25, -0.2) is 0 Å². The van der Waals surface area contributed by atoms with Crippen molar-refractivity contribution in [3.05, 3.63) is 58.1 Å². The van der Waals surface area contributed by atoms with E-state index in [4.69, 9.17) is 0 Å². The van der Waals surface area contributed by atoms with Crippen LogP contribution < -0.4 is 10.2 Å². The van der Waals surface area contributed by atoms with Crippen LogP contribution in [0.1, 0.15) is 5.56 Å². The van der Waals surface area contributed by atoms with Crippen molar-refractivity contribution in [1.82, 2.24) is 0 Å². The molecule has 1 N–H and O–H groups in total. The molecule has 2 aromatic carbocycles. The number of anilines is 3. The second-order valence-electron chi connectivity index (χ2n) is 4.94. The van der Waals surface area contributed by atoms with Crippen LogP contribution >= 0.6 is 0 Å². The van der Waals surface area contributed by atoms with E-state index in [-0.39, 0.29) is 5.69 Å². The molecular formula is C15H15N3O2. The summed E-state index contributed by atoms with van der Waals surface area (Å²) in [4.78, 5) is 12.5. The topological polar surface area (TPSA) is 58.4 Å². The van der Waals surface area contributed by atoms with Crippen LogP contribution in [0.4, 0.5) is 22.7 Å². The fourth-order valence-electron chi connectivity index (χ4n) is 2.45. The van der Waals surface area contributed by atoms with Crippen LogP contribution in [0.3, 0.4) is 0 Å². The van der Waals surface area contributed by atoms with E-state index in [1.165, 1.54) is 23.4 Å². The largest absolute Gasteiger partial charge is 0.374 e. The van der Waals surface area contributed by atoms with E-state index in [2.05, 4.69) is 29.4 Å². The molecule has 0 spiro atoms. The Bertz CT molecular complexity index is 653. The number of nitro groups is 1. The fraction of sp³-hybridized carbons (Fsp3) is 0.200. The summed E-state index contributed by atoms with van der Waals surface area (Å²) >= 11 is 0. The summed E-state index contributed by atoms with van der Waals surface area (Å²) < 4.78 is 0. The van der Waals surface area contributed by atoms with Crippen molar-refractivity contribution in [2.24, 2.45) is 0 Å². The Balaban J connectivity index is 1.81. The third kappa shape index (κ3) is 2.30. The van der Waals surface area contributed by atoms with Crippen LogP contribution in [-0.4, -0.2) is 18.5 Å². The van der Waals surface area contributed by atoms with E-state index in [1.54, 1.807) is 12.1 Å². The normalized spacial score (nSPS) is 13.2. The van der Waals surface area contributed by atoms with E-state index < -0.39 is 4.92 Å². The highest BCUT2D eigenvalue weighted by Gasteiger charge is 2.15. The van der Waals surface area contributed by atoms with Crippen molar-refractivity contribution in [2.45, 2.75) is 6.42 Å². The van der Waals surface area contributed by atoms with Gasteiger partial charge in [-0.3, -0.25) is 10.1 Å². The van der Waals surface area contributed by atoms with Crippen molar-refractivity contribution in [3.8, 4) is 0 Å². The minimum atomic E-state index is -0.395. The molecule has 0 saturated carbocycles. The summed E-state index contributed by atoms with van der Waals surface area (Å²) in [7, 11) is 2.08. The predicted molar refractivity (Wildman–Crippen MR) is 79.8 cm³/mol. The molecule has 0 saturated heterocycles. The minimum absolute atomic E-state index is 0.101. The molecule has 20 heavy (non-hydrogen) atoms. The van der Waals surface area contributed by atoms with Crippen molar-refractivity contribution < 1.29 is 4.92 Å². The Morgan fingerprint density at radius 1 is 1.15 bits per heavy atom. The van der Waals surface area contributed by atoms with Gasteiger partial charge in [-0.15, -0.1) is 0 Å². The summed E-state index contributed by atoms with van der Waals surface area (Å²) in [6, 6.07) is 12.7. The number of nitro benzene ring substituents is 1. The average Bonchev–Trinajstić information content (AvgIpc) is 2.81. The van der Waals surface area contributed by atoms with Gasteiger partial charge in [0.1, 0.15) is 0 Å². The molecule has 0 unspecified atom stereocenters. The van der Waals surface area contributed by atoms with Crippen molar-refractivity contribution >= 4 is 22.7 Å². The SMILES string of the molecule is CN1CCc2ccc(Nc3ccc([N+](=O)[O-])cc3)cc21. The Labute approximate surface area is 117 Å². The third-order valence-electron chi connectivity index (χ3n) is 3.58. The number of likely N-dealkylation sites (N-methyl/N-ethyl adjacent to an activating group) is 1. The van der Waals surface area contributed by atoms with Crippen molar-refractivity contribution in [1.29, 1.82) is 0 Å². The summed E-state index contributed by atoms with van der Waals surface area (Å²) in [5.74, 6) is 0. The molecule has 1 heterocycles. The molecule has 0 radical (unpaired) electrons. The number of nitrogens with zero attached hydrogens (tertiary/aromatic N) is 2. The minimum Gasteiger partial charge on any atom is -0.374 e. The lowest BCUT2D eigenvalue weighted by molar-refractivity contribution is -0.384. The van der Waals surface area contributed by atoms with E-state index in [1.807, 2.05) is 6.07 Å². The average molecular weight is 269 g/mol. The number of fused-ring (bicyclic) bond motifs is 1. The Kier molecular flexibility index (Phi) is 3.02. The maximum absolute atomic E-state index is 10.6. The van der Waals surface area contributed by atoms with Gasteiger partial charge in [0.15, 0.2) is 0 Å². The lowest BCUT2D eigenvalue weighted by atomic mass is 10.1. The van der Waals surface area contributed by atoms with E-state index >= 15 is 0 Å². The van der Waals surface area contributed by atoms with Crippen LogP contribution in [0.25, 0.3) is 0 Å². The Hall–Kier alpha value is -2.56. The number of hydrogen-bond donors (Lipinski definition) is 1. The molecule has 0 aromatic heterocycles. The van der Waals surface area contributed by atoms with Gasteiger partial charge in [0.05, 0.1) is 4.92 Å². The standard InChI is InChI=1S/C15H15N3O2/c1-17-9-8-11-2-3-13(10-15(11)17)16-12-4-6-14(7-5-12)18(19)20/h2-7,10,16H,8-9H2,1H3. The van der Waals surface area contributed by atoms with Crippen LogP contribution in [0.5, 0.6) is 0 Å². The second kappa shape index (κ2) is 4.85. The lowest BCUT2D eigenvalue weighted by Crippen LogP contribution is -2.12. The van der Waals surface area contributed by atoms with Crippen molar-refractivity contribution in [3.63, 3.8) is 0 Å². The van der Waals surface area contributed by atoms with Gasteiger partial charge in [-0.2, -0.15) is 0 Å². The van der Waals surface area contributed by atoms with Gasteiger partial charge in [-0.1, -0.05) is 6.07 Å². The number of nitrogens with one attached hydrogen (secondary N) is 1. The predicted octanol–water partition coefficient (Wildman–Crippen LogP) is 3.33. The van der Waals surface area contributed by atoms with E-state index in [9.17, 15) is 10.1 Å². The molecule has 5 nitrogen and oxygen atoms in total.